The second-order valence-electron chi connectivity index (χ2n) is 5.15. The molecule has 1 aromatic heterocycles. The molecule has 0 unspecified atom stereocenters. The third-order valence-electron chi connectivity index (χ3n) is 3.61. The fourth-order valence-corrected chi connectivity index (χ4v) is 2.22. The minimum atomic E-state index is -0.470. The summed E-state index contributed by atoms with van der Waals surface area (Å²) in [7, 11) is 3.02. The van der Waals surface area contributed by atoms with Crippen LogP contribution in [0.15, 0.2) is 41.3 Å². The highest BCUT2D eigenvalue weighted by molar-refractivity contribution is 5.94. The molecule has 0 saturated carbocycles. The smallest absolute Gasteiger partial charge is 0.254 e. The average Bonchev–Trinajstić information content (AvgIpc) is 2.54. The predicted octanol–water partition coefficient (Wildman–Crippen LogP) is 2.20. The van der Waals surface area contributed by atoms with Gasteiger partial charge in [0.25, 0.3) is 11.5 Å². The summed E-state index contributed by atoms with van der Waals surface area (Å²) in [6, 6.07) is 7.49. The van der Waals surface area contributed by atoms with Gasteiger partial charge in [0, 0.05) is 38.0 Å². The van der Waals surface area contributed by atoms with Crippen molar-refractivity contribution in [1.82, 2.24) is 9.47 Å². The molecule has 1 amide bonds. The van der Waals surface area contributed by atoms with Crippen LogP contribution in [-0.2, 0) is 13.6 Å². The lowest BCUT2D eigenvalue weighted by molar-refractivity contribution is 0.0752. The van der Waals surface area contributed by atoms with Gasteiger partial charge in [-0.15, -0.1) is 0 Å². The molecule has 0 aliphatic rings. The van der Waals surface area contributed by atoms with E-state index in [1.165, 1.54) is 29.9 Å². The molecule has 0 fully saturated rings. The van der Waals surface area contributed by atoms with Gasteiger partial charge < -0.3 is 14.2 Å². The zero-order valence-corrected chi connectivity index (χ0v) is 13.4. The van der Waals surface area contributed by atoms with Crippen LogP contribution < -0.4 is 10.3 Å². The molecular weight excluding hydrogens is 299 g/mol. The number of pyridine rings is 1. The summed E-state index contributed by atoms with van der Waals surface area (Å²) in [6.07, 6.45) is 1.55. The SMILES string of the molecule is CCN(Cc1ccc(OC)c(F)c1)C(=O)c1ccn(C)c(=O)c1. The number of halogens is 1. The maximum absolute atomic E-state index is 13.8. The first-order valence-corrected chi connectivity index (χ1v) is 7.24. The second-order valence-corrected chi connectivity index (χ2v) is 5.15. The highest BCUT2D eigenvalue weighted by atomic mass is 19.1. The van der Waals surface area contributed by atoms with Gasteiger partial charge in [0.2, 0.25) is 0 Å². The van der Waals surface area contributed by atoms with Gasteiger partial charge in [-0.3, -0.25) is 9.59 Å². The number of amides is 1. The molecule has 23 heavy (non-hydrogen) atoms. The first kappa shape index (κ1) is 16.7. The predicted molar refractivity (Wildman–Crippen MR) is 85.0 cm³/mol. The number of hydrogen-bond donors (Lipinski definition) is 0. The zero-order chi connectivity index (χ0) is 17.0. The maximum atomic E-state index is 13.8. The van der Waals surface area contributed by atoms with Crippen LogP contribution in [0.2, 0.25) is 0 Å². The van der Waals surface area contributed by atoms with Crippen LogP contribution in [0.4, 0.5) is 4.39 Å². The third kappa shape index (κ3) is 3.77. The van der Waals surface area contributed by atoms with Crippen LogP contribution in [-0.4, -0.2) is 29.0 Å². The summed E-state index contributed by atoms with van der Waals surface area (Å²) in [4.78, 5) is 25.7. The maximum Gasteiger partial charge on any atom is 0.254 e. The molecule has 0 saturated heterocycles. The Balaban J connectivity index is 2.22. The number of aromatic nitrogens is 1. The van der Waals surface area contributed by atoms with Crippen molar-refractivity contribution in [2.75, 3.05) is 13.7 Å². The number of aryl methyl sites for hydroxylation is 1. The fourth-order valence-electron chi connectivity index (χ4n) is 2.22. The Morgan fingerprint density at radius 2 is 2.04 bits per heavy atom. The topological polar surface area (TPSA) is 51.5 Å². The van der Waals surface area contributed by atoms with Crippen LogP contribution in [0.3, 0.4) is 0 Å². The standard InChI is InChI=1S/C17H19FN2O3/c1-4-20(11-12-5-6-15(23-3)14(18)9-12)17(22)13-7-8-19(2)16(21)10-13/h5-10H,4,11H2,1-3H3. The molecule has 0 N–H and O–H groups in total. The zero-order valence-electron chi connectivity index (χ0n) is 13.4. The molecule has 2 rings (SSSR count). The molecule has 0 radical (unpaired) electrons. The molecule has 0 aliphatic heterocycles. The molecule has 1 heterocycles. The van der Waals surface area contributed by atoms with Gasteiger partial charge in [-0.25, -0.2) is 4.39 Å². The number of rotatable bonds is 5. The summed E-state index contributed by atoms with van der Waals surface area (Å²) in [5.74, 6) is -0.571. The lowest BCUT2D eigenvalue weighted by Gasteiger charge is -2.21. The molecule has 0 aliphatic carbocycles. The highest BCUT2D eigenvalue weighted by Crippen LogP contribution is 2.19. The number of carbonyl (C=O) groups excluding carboxylic acids is 1. The van der Waals surface area contributed by atoms with E-state index in [1.807, 2.05) is 6.92 Å². The molecule has 2 aromatic rings. The van der Waals surface area contributed by atoms with E-state index in [0.717, 1.165) is 0 Å². The second kappa shape index (κ2) is 7.09. The van der Waals surface area contributed by atoms with Crippen molar-refractivity contribution in [3.63, 3.8) is 0 Å². The van der Waals surface area contributed by atoms with Crippen molar-refractivity contribution >= 4 is 5.91 Å². The molecule has 0 bridgehead atoms. The van der Waals surface area contributed by atoms with Gasteiger partial charge in [0.15, 0.2) is 11.6 Å². The van der Waals surface area contributed by atoms with E-state index >= 15 is 0 Å². The van der Waals surface area contributed by atoms with E-state index in [-0.39, 0.29) is 23.8 Å². The van der Waals surface area contributed by atoms with Crippen molar-refractivity contribution in [3.8, 4) is 5.75 Å². The van der Waals surface area contributed by atoms with E-state index in [9.17, 15) is 14.0 Å². The summed E-state index contributed by atoms with van der Waals surface area (Å²) in [5.41, 5.74) is 0.730. The van der Waals surface area contributed by atoms with Gasteiger partial charge in [0.05, 0.1) is 7.11 Å². The Labute approximate surface area is 133 Å². The Morgan fingerprint density at radius 1 is 1.30 bits per heavy atom. The Morgan fingerprint density at radius 3 is 2.61 bits per heavy atom. The summed E-state index contributed by atoms with van der Waals surface area (Å²) in [6.45, 7) is 2.53. The van der Waals surface area contributed by atoms with Gasteiger partial charge in [-0.05, 0) is 30.7 Å². The van der Waals surface area contributed by atoms with Crippen LogP contribution in [0.25, 0.3) is 0 Å². The van der Waals surface area contributed by atoms with Crippen LogP contribution >= 0.6 is 0 Å². The Kier molecular flexibility index (Phi) is 5.16. The van der Waals surface area contributed by atoms with Gasteiger partial charge in [-0.2, -0.15) is 0 Å². The molecule has 6 heteroatoms. The first-order chi connectivity index (χ1) is 11.0. The van der Waals surface area contributed by atoms with Crippen molar-refractivity contribution in [3.05, 3.63) is 63.8 Å². The van der Waals surface area contributed by atoms with Crippen molar-refractivity contribution in [2.45, 2.75) is 13.5 Å². The van der Waals surface area contributed by atoms with Gasteiger partial charge in [0.1, 0.15) is 0 Å². The van der Waals surface area contributed by atoms with Crippen molar-refractivity contribution in [1.29, 1.82) is 0 Å². The number of carbonyl (C=O) groups is 1. The summed E-state index contributed by atoms with van der Waals surface area (Å²) >= 11 is 0. The normalized spacial score (nSPS) is 10.4. The van der Waals surface area contributed by atoms with Crippen molar-refractivity contribution < 1.29 is 13.9 Å². The van der Waals surface area contributed by atoms with Crippen LogP contribution in [0, 0.1) is 5.82 Å². The van der Waals surface area contributed by atoms with E-state index in [4.69, 9.17) is 4.74 Å². The Hall–Kier alpha value is -2.63. The third-order valence-corrected chi connectivity index (χ3v) is 3.61. The minimum absolute atomic E-state index is 0.162. The monoisotopic (exact) mass is 318 g/mol. The molecule has 1 aromatic carbocycles. The highest BCUT2D eigenvalue weighted by Gasteiger charge is 2.16. The van der Waals surface area contributed by atoms with E-state index in [2.05, 4.69) is 0 Å². The number of nitrogens with zero attached hydrogens (tertiary/aromatic N) is 2. The lowest BCUT2D eigenvalue weighted by Crippen LogP contribution is -2.31. The van der Waals surface area contributed by atoms with E-state index in [1.54, 1.807) is 30.3 Å². The molecular formula is C17H19FN2O3. The van der Waals surface area contributed by atoms with Crippen LogP contribution in [0.1, 0.15) is 22.8 Å². The van der Waals surface area contributed by atoms with Crippen molar-refractivity contribution in [2.24, 2.45) is 7.05 Å². The number of ether oxygens (including phenoxy) is 1. The number of hydrogen-bond acceptors (Lipinski definition) is 3. The average molecular weight is 318 g/mol. The van der Waals surface area contributed by atoms with Gasteiger partial charge >= 0.3 is 0 Å². The fraction of sp³-hybridized carbons (Fsp3) is 0.294. The molecule has 0 spiro atoms. The largest absolute Gasteiger partial charge is 0.494 e. The molecule has 5 nitrogen and oxygen atoms in total. The number of benzene rings is 1. The molecule has 0 atom stereocenters. The summed E-state index contributed by atoms with van der Waals surface area (Å²) in [5, 5.41) is 0. The summed E-state index contributed by atoms with van der Waals surface area (Å²) < 4.78 is 20.0. The van der Waals surface area contributed by atoms with E-state index in [0.29, 0.717) is 17.7 Å². The minimum Gasteiger partial charge on any atom is -0.494 e. The molecule has 122 valence electrons. The van der Waals surface area contributed by atoms with E-state index < -0.39 is 5.82 Å². The van der Waals surface area contributed by atoms with Crippen LogP contribution in [0.5, 0.6) is 5.75 Å². The Bertz CT molecular complexity index is 771. The quantitative estimate of drug-likeness (QED) is 0.849. The lowest BCUT2D eigenvalue weighted by atomic mass is 10.1. The first-order valence-electron chi connectivity index (χ1n) is 7.24. The number of methoxy groups -OCH3 is 1. The van der Waals surface area contributed by atoms with Gasteiger partial charge in [-0.1, -0.05) is 6.07 Å².